The Morgan fingerprint density at radius 2 is 2.29 bits per heavy atom. The lowest BCUT2D eigenvalue weighted by Crippen LogP contribution is -2.29. The highest BCUT2D eigenvalue weighted by Gasteiger charge is 2.17. The van der Waals surface area contributed by atoms with Gasteiger partial charge in [0.05, 0.1) is 12.1 Å². The Labute approximate surface area is 117 Å². The third-order valence-electron chi connectivity index (χ3n) is 2.23. The van der Waals surface area contributed by atoms with Gasteiger partial charge in [0.1, 0.15) is 9.21 Å². The fraction of sp³-hybridized carbons (Fsp3) is 0.500. The smallest absolute Gasteiger partial charge is 0.229 e. The summed E-state index contributed by atoms with van der Waals surface area (Å²) in [5, 5.41) is 2.71. The van der Waals surface area contributed by atoms with Crippen molar-refractivity contribution in [2.75, 3.05) is 11.9 Å². The van der Waals surface area contributed by atoms with Gasteiger partial charge in [-0.25, -0.2) is 9.97 Å². The van der Waals surface area contributed by atoms with E-state index in [2.05, 4.69) is 47.1 Å². The number of hydrogen-bond acceptors (Lipinski definition) is 4. The number of carbonyl (C=O) groups is 1. The van der Waals surface area contributed by atoms with Crippen molar-refractivity contribution >= 4 is 43.6 Å². The predicted molar refractivity (Wildman–Crippen MR) is 73.5 cm³/mol. The summed E-state index contributed by atoms with van der Waals surface area (Å²) in [6.45, 7) is 2.35. The first-order valence-corrected chi connectivity index (χ1v) is 6.86. The zero-order valence-electron chi connectivity index (χ0n) is 9.41. The van der Waals surface area contributed by atoms with Gasteiger partial charge in [-0.2, -0.15) is 0 Å². The zero-order valence-corrected chi connectivity index (χ0v) is 12.6. The molecule has 0 aliphatic carbocycles. The molecule has 0 spiro atoms. The molecule has 17 heavy (non-hydrogen) atoms. The summed E-state index contributed by atoms with van der Waals surface area (Å²) in [7, 11) is 0. The van der Waals surface area contributed by atoms with E-state index in [1.807, 2.05) is 6.92 Å². The molecule has 1 aromatic rings. The third-order valence-corrected chi connectivity index (χ3v) is 3.17. The van der Waals surface area contributed by atoms with E-state index in [4.69, 9.17) is 5.73 Å². The normalized spacial score (nSPS) is 12.2. The lowest BCUT2D eigenvalue weighted by atomic mass is 10.0. The first-order chi connectivity index (χ1) is 8.08. The van der Waals surface area contributed by atoms with Crippen molar-refractivity contribution in [3.05, 3.63) is 15.4 Å². The van der Waals surface area contributed by atoms with Crippen LogP contribution in [-0.4, -0.2) is 22.4 Å². The van der Waals surface area contributed by atoms with Crippen LogP contribution in [0.5, 0.6) is 0 Å². The lowest BCUT2D eigenvalue weighted by Gasteiger charge is -2.13. The standard InChI is InChI=1S/C10H14Br2N4O/c1-2-3-6(4-13)10(17)16-9-8(12)15-7(11)5-14-9/h5-6H,2-4,13H2,1H3,(H,14,16,17). The molecule has 0 aromatic carbocycles. The highest BCUT2D eigenvalue weighted by Crippen LogP contribution is 2.20. The van der Waals surface area contributed by atoms with Gasteiger partial charge in [-0.15, -0.1) is 0 Å². The van der Waals surface area contributed by atoms with Crippen LogP contribution in [0.25, 0.3) is 0 Å². The van der Waals surface area contributed by atoms with Gasteiger partial charge in [0.25, 0.3) is 0 Å². The minimum atomic E-state index is -0.183. The van der Waals surface area contributed by atoms with Gasteiger partial charge >= 0.3 is 0 Å². The van der Waals surface area contributed by atoms with Gasteiger partial charge in [-0.1, -0.05) is 13.3 Å². The predicted octanol–water partition coefficient (Wildman–Crippen LogP) is 2.32. The van der Waals surface area contributed by atoms with Crippen molar-refractivity contribution in [3.8, 4) is 0 Å². The SMILES string of the molecule is CCCC(CN)C(=O)Nc1ncc(Br)nc1Br. The van der Waals surface area contributed by atoms with Crippen LogP contribution < -0.4 is 11.1 Å². The van der Waals surface area contributed by atoms with Gasteiger partial charge in [0.15, 0.2) is 5.82 Å². The minimum absolute atomic E-state index is 0.119. The molecule has 1 unspecified atom stereocenters. The van der Waals surface area contributed by atoms with Crippen LogP contribution in [-0.2, 0) is 4.79 Å². The molecule has 1 aromatic heterocycles. The number of amides is 1. The number of nitrogens with zero attached hydrogens (tertiary/aromatic N) is 2. The molecule has 0 bridgehead atoms. The van der Waals surface area contributed by atoms with Gasteiger partial charge in [0.2, 0.25) is 5.91 Å². The van der Waals surface area contributed by atoms with E-state index in [1.54, 1.807) is 0 Å². The average Bonchev–Trinajstić information content (AvgIpc) is 2.29. The average molecular weight is 366 g/mol. The fourth-order valence-electron chi connectivity index (χ4n) is 1.35. The highest BCUT2D eigenvalue weighted by atomic mass is 79.9. The molecule has 1 amide bonds. The number of hydrogen-bond donors (Lipinski definition) is 2. The van der Waals surface area contributed by atoms with Crippen molar-refractivity contribution in [1.82, 2.24) is 9.97 Å². The largest absolute Gasteiger partial charge is 0.330 e. The topological polar surface area (TPSA) is 80.9 Å². The Balaban J connectivity index is 2.73. The van der Waals surface area contributed by atoms with Crippen LogP contribution in [0.3, 0.4) is 0 Å². The van der Waals surface area contributed by atoms with Crippen molar-refractivity contribution in [3.63, 3.8) is 0 Å². The summed E-state index contributed by atoms with van der Waals surface area (Å²) >= 11 is 6.43. The lowest BCUT2D eigenvalue weighted by molar-refractivity contribution is -0.119. The minimum Gasteiger partial charge on any atom is -0.330 e. The third kappa shape index (κ3) is 4.33. The molecule has 3 N–H and O–H groups in total. The maximum atomic E-state index is 11.9. The number of nitrogens with two attached hydrogens (primary N) is 1. The molecule has 94 valence electrons. The Hall–Kier alpha value is -0.530. The quantitative estimate of drug-likeness (QED) is 0.838. The Bertz CT molecular complexity index is 400. The molecule has 0 saturated heterocycles. The van der Waals surface area contributed by atoms with Gasteiger partial charge in [-0.05, 0) is 38.3 Å². The molecule has 5 nitrogen and oxygen atoms in total. The molecule has 1 atom stereocenters. The van der Waals surface area contributed by atoms with E-state index in [0.29, 0.717) is 21.6 Å². The van der Waals surface area contributed by atoms with E-state index in [1.165, 1.54) is 6.20 Å². The highest BCUT2D eigenvalue weighted by molar-refractivity contribution is 9.11. The van der Waals surface area contributed by atoms with E-state index < -0.39 is 0 Å². The van der Waals surface area contributed by atoms with E-state index in [-0.39, 0.29) is 11.8 Å². The van der Waals surface area contributed by atoms with Crippen molar-refractivity contribution in [2.45, 2.75) is 19.8 Å². The summed E-state index contributed by atoms with van der Waals surface area (Å²) < 4.78 is 1.10. The molecule has 0 fully saturated rings. The Kier molecular flexibility index (Phi) is 6.01. The molecular formula is C10H14Br2N4O. The molecular weight excluding hydrogens is 352 g/mol. The molecule has 1 heterocycles. The number of nitrogens with one attached hydrogen (secondary N) is 1. The second-order valence-electron chi connectivity index (χ2n) is 3.54. The van der Waals surface area contributed by atoms with Crippen molar-refractivity contribution in [1.29, 1.82) is 0 Å². The van der Waals surface area contributed by atoms with Crippen LogP contribution in [0.1, 0.15) is 19.8 Å². The summed E-state index contributed by atoms with van der Waals surface area (Å²) in [6, 6.07) is 0. The summed E-state index contributed by atoms with van der Waals surface area (Å²) in [6.07, 6.45) is 3.21. The van der Waals surface area contributed by atoms with Crippen LogP contribution in [0.15, 0.2) is 15.4 Å². The number of halogens is 2. The monoisotopic (exact) mass is 364 g/mol. The summed E-state index contributed by atoms with van der Waals surface area (Å²) in [5.74, 6) is 0.108. The zero-order chi connectivity index (χ0) is 12.8. The van der Waals surface area contributed by atoms with Gasteiger partial charge in [-0.3, -0.25) is 4.79 Å². The number of aromatic nitrogens is 2. The van der Waals surface area contributed by atoms with Crippen LogP contribution in [0.2, 0.25) is 0 Å². The maximum absolute atomic E-state index is 11.9. The van der Waals surface area contributed by atoms with Crippen molar-refractivity contribution in [2.24, 2.45) is 11.7 Å². The molecule has 0 saturated carbocycles. The number of anilines is 1. The second-order valence-corrected chi connectivity index (χ2v) is 5.11. The van der Waals surface area contributed by atoms with Crippen LogP contribution in [0, 0.1) is 5.92 Å². The van der Waals surface area contributed by atoms with Gasteiger partial charge in [0, 0.05) is 6.54 Å². The van der Waals surface area contributed by atoms with E-state index in [0.717, 1.165) is 12.8 Å². The van der Waals surface area contributed by atoms with E-state index in [9.17, 15) is 4.79 Å². The van der Waals surface area contributed by atoms with Crippen molar-refractivity contribution < 1.29 is 4.79 Å². The molecule has 0 aliphatic rings. The first-order valence-electron chi connectivity index (χ1n) is 5.27. The molecule has 0 radical (unpaired) electrons. The first kappa shape index (κ1) is 14.5. The summed E-state index contributed by atoms with van der Waals surface area (Å²) in [5.41, 5.74) is 5.56. The molecule has 0 aliphatic heterocycles. The number of carbonyl (C=O) groups excluding carboxylic acids is 1. The Morgan fingerprint density at radius 1 is 1.59 bits per heavy atom. The van der Waals surface area contributed by atoms with Crippen LogP contribution >= 0.6 is 31.9 Å². The maximum Gasteiger partial charge on any atom is 0.229 e. The molecule has 7 heteroatoms. The fourth-order valence-corrected chi connectivity index (χ4v) is 2.26. The number of rotatable bonds is 5. The van der Waals surface area contributed by atoms with Crippen LogP contribution in [0.4, 0.5) is 5.82 Å². The molecule has 1 rings (SSSR count). The second kappa shape index (κ2) is 7.03. The van der Waals surface area contributed by atoms with E-state index >= 15 is 0 Å². The van der Waals surface area contributed by atoms with Gasteiger partial charge < -0.3 is 11.1 Å². The Morgan fingerprint density at radius 3 is 2.82 bits per heavy atom. The summed E-state index contributed by atoms with van der Waals surface area (Å²) in [4.78, 5) is 20.0.